The second-order valence-corrected chi connectivity index (χ2v) is 4.11. The van der Waals surface area contributed by atoms with Crippen LogP contribution >= 0.6 is 11.6 Å². The first-order valence-electron chi connectivity index (χ1n) is 5.25. The number of fused-ring (bicyclic) bond motifs is 3. The fourth-order valence-corrected chi connectivity index (χ4v) is 2.11. The first-order chi connectivity index (χ1) is 8.29. The van der Waals surface area contributed by atoms with E-state index in [9.17, 15) is 4.79 Å². The third kappa shape index (κ3) is 1.59. The van der Waals surface area contributed by atoms with Gasteiger partial charge in [-0.3, -0.25) is 9.78 Å². The van der Waals surface area contributed by atoms with Gasteiger partial charge in [0.1, 0.15) is 5.69 Å². The summed E-state index contributed by atoms with van der Waals surface area (Å²) in [4.78, 5) is 18.9. The first-order valence-corrected chi connectivity index (χ1v) is 5.78. The number of ketones is 1. The van der Waals surface area contributed by atoms with Crippen LogP contribution in [-0.2, 0) is 0 Å². The van der Waals surface area contributed by atoms with Gasteiger partial charge in [0.2, 0.25) is 0 Å². The van der Waals surface area contributed by atoms with Crippen LogP contribution in [0.3, 0.4) is 0 Å². The Hall–Kier alpha value is -1.87. The van der Waals surface area contributed by atoms with Crippen LogP contribution in [0.15, 0.2) is 36.5 Å². The maximum atomic E-state index is 11.5. The van der Waals surface area contributed by atoms with Crippen LogP contribution in [0, 0.1) is 0 Å². The van der Waals surface area contributed by atoms with Crippen LogP contribution in [-0.4, -0.2) is 21.6 Å². The number of halogens is 1. The maximum absolute atomic E-state index is 11.5. The van der Waals surface area contributed by atoms with Crippen LogP contribution in [0.2, 0.25) is 0 Å². The van der Waals surface area contributed by atoms with E-state index in [4.69, 9.17) is 11.6 Å². The van der Waals surface area contributed by atoms with E-state index in [-0.39, 0.29) is 11.7 Å². The Balaban J connectivity index is 2.33. The van der Waals surface area contributed by atoms with Gasteiger partial charge in [-0.25, -0.2) is 0 Å². The van der Waals surface area contributed by atoms with Crippen LogP contribution in [0.1, 0.15) is 10.5 Å². The molecule has 0 saturated heterocycles. The van der Waals surface area contributed by atoms with E-state index < -0.39 is 0 Å². The highest BCUT2D eigenvalue weighted by atomic mass is 35.5. The Bertz CT molecular complexity index is 718. The van der Waals surface area contributed by atoms with Gasteiger partial charge in [-0.15, -0.1) is 11.6 Å². The molecule has 0 bridgehead atoms. The Morgan fingerprint density at radius 2 is 2.06 bits per heavy atom. The molecule has 84 valence electrons. The predicted octanol–water partition coefficient (Wildman–Crippen LogP) is 3.14. The maximum Gasteiger partial charge on any atom is 0.195 e. The Morgan fingerprint density at radius 1 is 1.24 bits per heavy atom. The van der Waals surface area contributed by atoms with Crippen molar-refractivity contribution in [2.24, 2.45) is 0 Å². The van der Waals surface area contributed by atoms with E-state index in [1.54, 1.807) is 12.3 Å². The van der Waals surface area contributed by atoms with Gasteiger partial charge in [0, 0.05) is 16.3 Å². The highest BCUT2D eigenvalue weighted by Gasteiger charge is 2.09. The predicted molar refractivity (Wildman–Crippen MR) is 68.7 cm³/mol. The van der Waals surface area contributed by atoms with Crippen molar-refractivity contribution in [2.75, 3.05) is 5.88 Å². The molecule has 17 heavy (non-hydrogen) atoms. The van der Waals surface area contributed by atoms with Crippen molar-refractivity contribution in [3.63, 3.8) is 0 Å². The smallest absolute Gasteiger partial charge is 0.195 e. The lowest BCUT2D eigenvalue weighted by molar-refractivity contribution is 0.101. The molecule has 1 aromatic carbocycles. The lowest BCUT2D eigenvalue weighted by Gasteiger charge is -1.96. The molecule has 2 aromatic heterocycles. The molecule has 0 unspecified atom stereocenters. The van der Waals surface area contributed by atoms with Crippen LogP contribution in [0.25, 0.3) is 21.8 Å². The lowest BCUT2D eigenvalue weighted by Crippen LogP contribution is -2.02. The molecule has 0 spiro atoms. The van der Waals surface area contributed by atoms with Gasteiger partial charge in [0.05, 0.1) is 17.6 Å². The van der Waals surface area contributed by atoms with E-state index >= 15 is 0 Å². The number of benzene rings is 1. The molecule has 1 N–H and O–H groups in total. The molecular formula is C13H9ClN2O. The quantitative estimate of drug-likeness (QED) is 0.556. The molecule has 0 fully saturated rings. The number of Topliss-reactive ketones (excluding diaryl/α,β-unsaturated/α-hetero) is 1. The summed E-state index contributed by atoms with van der Waals surface area (Å²) in [6.45, 7) is 0. The molecule has 2 heterocycles. The third-order valence-corrected chi connectivity index (χ3v) is 3.04. The van der Waals surface area contributed by atoms with Gasteiger partial charge >= 0.3 is 0 Å². The van der Waals surface area contributed by atoms with Crippen molar-refractivity contribution < 1.29 is 4.79 Å². The van der Waals surface area contributed by atoms with Gasteiger partial charge in [-0.1, -0.05) is 18.2 Å². The highest BCUT2D eigenvalue weighted by molar-refractivity contribution is 6.30. The first kappa shape index (κ1) is 10.3. The average molecular weight is 245 g/mol. The van der Waals surface area contributed by atoms with Crippen molar-refractivity contribution in [2.45, 2.75) is 0 Å². The standard InChI is InChI=1S/C13H9ClN2O/c14-6-13(17)11-5-9-8-3-1-2-4-10(8)16-12(9)7-15-11/h1-5,7,16H,6H2. The number of carbonyl (C=O) groups is 1. The molecule has 0 aliphatic carbocycles. The van der Waals surface area contributed by atoms with Crippen LogP contribution in [0.4, 0.5) is 0 Å². The molecule has 3 aromatic rings. The summed E-state index contributed by atoms with van der Waals surface area (Å²) in [5.74, 6) is -0.195. The van der Waals surface area contributed by atoms with E-state index in [1.165, 1.54) is 0 Å². The summed E-state index contributed by atoms with van der Waals surface area (Å²) >= 11 is 5.53. The molecule has 0 aliphatic rings. The molecule has 3 rings (SSSR count). The summed E-state index contributed by atoms with van der Waals surface area (Å²) in [6.07, 6.45) is 1.68. The fourth-order valence-electron chi connectivity index (χ4n) is 1.97. The summed E-state index contributed by atoms with van der Waals surface area (Å²) in [5.41, 5.74) is 2.38. The zero-order chi connectivity index (χ0) is 11.8. The number of alkyl halides is 1. The molecule has 0 aliphatic heterocycles. The monoisotopic (exact) mass is 244 g/mol. The van der Waals surface area contributed by atoms with Crippen LogP contribution in [0.5, 0.6) is 0 Å². The van der Waals surface area contributed by atoms with Crippen molar-refractivity contribution in [3.8, 4) is 0 Å². The molecule has 3 nitrogen and oxygen atoms in total. The zero-order valence-corrected chi connectivity index (χ0v) is 9.66. The molecular weight excluding hydrogens is 236 g/mol. The van der Waals surface area contributed by atoms with Crippen molar-refractivity contribution in [1.29, 1.82) is 0 Å². The number of aromatic amines is 1. The van der Waals surface area contributed by atoms with Gasteiger partial charge in [-0.05, 0) is 12.1 Å². The summed E-state index contributed by atoms with van der Waals surface area (Å²) < 4.78 is 0. The summed E-state index contributed by atoms with van der Waals surface area (Å²) in [7, 11) is 0. The molecule has 0 atom stereocenters. The minimum absolute atomic E-state index is 0.0408. The third-order valence-electron chi connectivity index (χ3n) is 2.80. The van der Waals surface area contributed by atoms with Gasteiger partial charge in [-0.2, -0.15) is 0 Å². The fraction of sp³-hybridized carbons (Fsp3) is 0.0769. The zero-order valence-electron chi connectivity index (χ0n) is 8.90. The minimum Gasteiger partial charge on any atom is -0.353 e. The number of para-hydroxylation sites is 1. The Kier molecular flexibility index (Phi) is 2.34. The number of carbonyl (C=O) groups excluding carboxylic acids is 1. The van der Waals surface area contributed by atoms with Gasteiger partial charge in [0.25, 0.3) is 0 Å². The van der Waals surface area contributed by atoms with E-state index in [0.717, 1.165) is 21.8 Å². The number of nitrogens with one attached hydrogen (secondary N) is 1. The Labute approximate surface area is 102 Å². The molecule has 0 saturated carbocycles. The molecule has 4 heteroatoms. The number of hydrogen-bond donors (Lipinski definition) is 1. The Morgan fingerprint density at radius 3 is 2.88 bits per heavy atom. The minimum atomic E-state index is -0.154. The second kappa shape index (κ2) is 3.86. The number of hydrogen-bond acceptors (Lipinski definition) is 2. The van der Waals surface area contributed by atoms with Crippen molar-refractivity contribution in [1.82, 2.24) is 9.97 Å². The second-order valence-electron chi connectivity index (χ2n) is 3.84. The average Bonchev–Trinajstić information content (AvgIpc) is 2.75. The SMILES string of the molecule is O=C(CCl)c1cc2c(cn1)[nH]c1ccccc12. The van der Waals surface area contributed by atoms with Crippen LogP contribution < -0.4 is 0 Å². The lowest BCUT2D eigenvalue weighted by atomic mass is 10.1. The summed E-state index contributed by atoms with van der Waals surface area (Å²) in [6, 6.07) is 9.75. The van der Waals surface area contributed by atoms with Gasteiger partial charge in [0.15, 0.2) is 5.78 Å². The molecule has 0 radical (unpaired) electrons. The summed E-state index contributed by atoms with van der Waals surface area (Å²) in [5, 5.41) is 2.09. The number of nitrogens with zero attached hydrogens (tertiary/aromatic N) is 1. The largest absolute Gasteiger partial charge is 0.353 e. The van der Waals surface area contributed by atoms with Crippen molar-refractivity contribution in [3.05, 3.63) is 42.2 Å². The number of pyridine rings is 1. The van der Waals surface area contributed by atoms with Crippen molar-refractivity contribution >= 4 is 39.2 Å². The number of aromatic nitrogens is 2. The normalized spacial score (nSPS) is 11.1. The number of H-pyrrole nitrogens is 1. The molecule has 0 amide bonds. The highest BCUT2D eigenvalue weighted by Crippen LogP contribution is 2.25. The van der Waals surface area contributed by atoms with Gasteiger partial charge < -0.3 is 4.98 Å². The van der Waals surface area contributed by atoms with E-state index in [1.807, 2.05) is 24.3 Å². The topological polar surface area (TPSA) is 45.8 Å². The van der Waals surface area contributed by atoms with E-state index in [2.05, 4.69) is 9.97 Å². The van der Waals surface area contributed by atoms with E-state index in [0.29, 0.717) is 5.69 Å². The number of rotatable bonds is 2.